The Bertz CT molecular complexity index is 1110. The highest BCUT2D eigenvalue weighted by Gasteiger charge is 2.07. The van der Waals surface area contributed by atoms with Crippen LogP contribution in [0.1, 0.15) is 11.1 Å². The van der Waals surface area contributed by atoms with Crippen molar-refractivity contribution in [3.05, 3.63) is 65.9 Å². The predicted molar refractivity (Wildman–Crippen MR) is 104 cm³/mol. The first-order valence-corrected chi connectivity index (χ1v) is 9.81. The Morgan fingerprint density at radius 2 is 1.93 bits per heavy atom. The molecule has 0 aliphatic rings. The molecule has 1 aromatic heterocycles. The number of aromatic nitrogens is 3. The van der Waals surface area contributed by atoms with Gasteiger partial charge in [-0.2, -0.15) is 15.3 Å². The van der Waals surface area contributed by atoms with Gasteiger partial charge in [-0.15, -0.1) is 5.10 Å². The summed E-state index contributed by atoms with van der Waals surface area (Å²) in [5.41, 5.74) is 2.20. The van der Waals surface area contributed by atoms with Gasteiger partial charge in [0.15, 0.2) is 5.82 Å². The van der Waals surface area contributed by atoms with E-state index in [-0.39, 0.29) is 4.90 Å². The van der Waals surface area contributed by atoms with Crippen LogP contribution in [0.25, 0.3) is 0 Å². The molecule has 0 aliphatic heterocycles. The van der Waals surface area contributed by atoms with E-state index in [1.54, 1.807) is 30.3 Å². The van der Waals surface area contributed by atoms with Gasteiger partial charge in [-0.05, 0) is 42.3 Å². The maximum absolute atomic E-state index is 11.3. The fraction of sp³-hybridized carbons (Fsp3) is 0.111. The van der Waals surface area contributed by atoms with E-state index in [1.165, 1.54) is 18.3 Å². The lowest BCUT2D eigenvalue weighted by molar-refractivity contribution is 0.598. The van der Waals surface area contributed by atoms with E-state index < -0.39 is 10.0 Å². The Hall–Kier alpha value is -3.55. The number of hydrogen-bond acceptors (Lipinski definition) is 8. The van der Waals surface area contributed by atoms with Gasteiger partial charge in [-0.25, -0.2) is 13.6 Å². The Kier molecular flexibility index (Phi) is 5.78. The van der Waals surface area contributed by atoms with Crippen LogP contribution in [0.2, 0.25) is 0 Å². The third-order valence-electron chi connectivity index (χ3n) is 3.77. The molecule has 0 unspecified atom stereocenters. The maximum Gasteiger partial charge on any atom is 0.244 e. The highest BCUT2D eigenvalue weighted by molar-refractivity contribution is 7.89. The minimum absolute atomic E-state index is 0.0796. The van der Waals surface area contributed by atoms with Crippen molar-refractivity contribution in [1.29, 1.82) is 5.26 Å². The third kappa shape index (κ3) is 5.23. The van der Waals surface area contributed by atoms with E-state index in [2.05, 4.69) is 31.9 Å². The molecule has 2 aromatic carbocycles. The average Bonchev–Trinajstić information content (AvgIpc) is 2.68. The van der Waals surface area contributed by atoms with Gasteiger partial charge in [0.25, 0.3) is 0 Å². The first kappa shape index (κ1) is 19.2. The van der Waals surface area contributed by atoms with Crippen LogP contribution in [0.4, 0.5) is 17.5 Å². The second kappa shape index (κ2) is 8.43. The SMILES string of the molecule is N#Cc1cccc(Nc2cnnc(NCCc3ccc(S(N)(=O)=O)cc3)n2)c1. The van der Waals surface area contributed by atoms with Crippen LogP contribution >= 0.6 is 0 Å². The average molecular weight is 395 g/mol. The number of nitriles is 1. The minimum atomic E-state index is -3.69. The Morgan fingerprint density at radius 3 is 2.64 bits per heavy atom. The number of hydrogen-bond donors (Lipinski definition) is 3. The summed E-state index contributed by atoms with van der Waals surface area (Å²) < 4.78 is 22.5. The molecule has 0 saturated heterocycles. The summed E-state index contributed by atoms with van der Waals surface area (Å²) in [7, 11) is -3.69. The molecule has 1 heterocycles. The molecule has 0 fully saturated rings. The number of sulfonamides is 1. The summed E-state index contributed by atoms with van der Waals surface area (Å²) >= 11 is 0. The van der Waals surface area contributed by atoms with Gasteiger partial charge in [-0.1, -0.05) is 18.2 Å². The standard InChI is InChI=1S/C18H17N7O2S/c19-11-14-2-1-3-15(10-14)23-17-12-22-25-18(24-17)21-9-8-13-4-6-16(7-5-13)28(20,26)27/h1-7,10,12H,8-9H2,(H2,20,26,27)(H2,21,23,24,25). The van der Waals surface area contributed by atoms with E-state index >= 15 is 0 Å². The molecule has 0 radical (unpaired) electrons. The predicted octanol–water partition coefficient (Wildman–Crippen LogP) is 1.79. The van der Waals surface area contributed by atoms with Crippen molar-refractivity contribution in [2.45, 2.75) is 11.3 Å². The first-order chi connectivity index (χ1) is 13.4. The summed E-state index contributed by atoms with van der Waals surface area (Å²) in [6, 6.07) is 15.5. The molecule has 0 spiro atoms. The van der Waals surface area contributed by atoms with E-state index in [0.29, 0.717) is 30.3 Å². The molecule has 28 heavy (non-hydrogen) atoms. The minimum Gasteiger partial charge on any atom is -0.353 e. The van der Waals surface area contributed by atoms with Crippen molar-refractivity contribution in [3.63, 3.8) is 0 Å². The molecular weight excluding hydrogens is 378 g/mol. The largest absolute Gasteiger partial charge is 0.353 e. The zero-order valence-corrected chi connectivity index (χ0v) is 15.5. The van der Waals surface area contributed by atoms with Crippen molar-refractivity contribution in [2.75, 3.05) is 17.2 Å². The number of rotatable bonds is 7. The van der Waals surface area contributed by atoms with E-state index in [4.69, 9.17) is 10.4 Å². The van der Waals surface area contributed by atoms with Crippen LogP contribution in [0.3, 0.4) is 0 Å². The van der Waals surface area contributed by atoms with Crippen LogP contribution in [-0.4, -0.2) is 30.1 Å². The number of nitrogens with one attached hydrogen (secondary N) is 2. The molecule has 0 aliphatic carbocycles. The third-order valence-corrected chi connectivity index (χ3v) is 4.70. The number of nitrogens with two attached hydrogens (primary N) is 1. The van der Waals surface area contributed by atoms with Crippen LogP contribution in [0.15, 0.2) is 59.6 Å². The molecule has 4 N–H and O–H groups in total. The highest BCUT2D eigenvalue weighted by Crippen LogP contribution is 2.16. The maximum atomic E-state index is 11.3. The molecular formula is C18H17N7O2S. The Balaban J connectivity index is 1.58. The molecule has 142 valence electrons. The van der Waals surface area contributed by atoms with Gasteiger partial charge in [0, 0.05) is 12.2 Å². The molecule has 3 aromatic rings. The van der Waals surface area contributed by atoms with Crippen molar-refractivity contribution in [2.24, 2.45) is 5.14 Å². The summed E-state index contributed by atoms with van der Waals surface area (Å²) in [5, 5.41) is 28.0. The molecule has 0 bridgehead atoms. The van der Waals surface area contributed by atoms with E-state index in [1.807, 2.05) is 6.07 Å². The van der Waals surface area contributed by atoms with Gasteiger partial charge < -0.3 is 10.6 Å². The van der Waals surface area contributed by atoms with Gasteiger partial charge in [0.1, 0.15) is 0 Å². The first-order valence-electron chi connectivity index (χ1n) is 8.26. The quantitative estimate of drug-likeness (QED) is 0.548. The van der Waals surface area contributed by atoms with Gasteiger partial charge in [0.05, 0.1) is 22.7 Å². The Morgan fingerprint density at radius 1 is 1.14 bits per heavy atom. The van der Waals surface area contributed by atoms with E-state index in [0.717, 1.165) is 11.3 Å². The smallest absolute Gasteiger partial charge is 0.244 e. The molecule has 0 amide bonds. The monoisotopic (exact) mass is 395 g/mol. The van der Waals surface area contributed by atoms with Crippen LogP contribution < -0.4 is 15.8 Å². The lowest BCUT2D eigenvalue weighted by Gasteiger charge is -2.08. The second-order valence-electron chi connectivity index (χ2n) is 5.85. The van der Waals surface area contributed by atoms with Crippen molar-refractivity contribution in [3.8, 4) is 6.07 Å². The molecule has 10 heteroatoms. The summed E-state index contributed by atoms with van der Waals surface area (Å²) in [4.78, 5) is 4.41. The second-order valence-corrected chi connectivity index (χ2v) is 7.41. The summed E-state index contributed by atoms with van der Waals surface area (Å²) in [6.45, 7) is 0.532. The molecule has 0 saturated carbocycles. The van der Waals surface area contributed by atoms with Gasteiger partial charge in [0.2, 0.25) is 16.0 Å². The molecule has 9 nitrogen and oxygen atoms in total. The topological polar surface area (TPSA) is 147 Å². The molecule has 3 rings (SSSR count). The number of benzene rings is 2. The van der Waals surface area contributed by atoms with Crippen molar-refractivity contribution >= 4 is 27.5 Å². The van der Waals surface area contributed by atoms with Crippen LogP contribution in [0, 0.1) is 11.3 Å². The lowest BCUT2D eigenvalue weighted by Crippen LogP contribution is -2.12. The van der Waals surface area contributed by atoms with Crippen LogP contribution in [0.5, 0.6) is 0 Å². The van der Waals surface area contributed by atoms with Crippen molar-refractivity contribution in [1.82, 2.24) is 15.2 Å². The highest BCUT2D eigenvalue weighted by atomic mass is 32.2. The zero-order valence-electron chi connectivity index (χ0n) is 14.7. The normalized spacial score (nSPS) is 10.9. The van der Waals surface area contributed by atoms with Gasteiger partial charge in [-0.3, -0.25) is 0 Å². The zero-order chi connectivity index (χ0) is 20.0. The Labute approximate surface area is 162 Å². The number of nitrogens with zero attached hydrogens (tertiary/aromatic N) is 4. The number of anilines is 3. The lowest BCUT2D eigenvalue weighted by atomic mass is 10.1. The fourth-order valence-corrected chi connectivity index (χ4v) is 2.93. The summed E-state index contributed by atoms with van der Waals surface area (Å²) in [5.74, 6) is 0.840. The molecule has 0 atom stereocenters. The number of primary sulfonamides is 1. The van der Waals surface area contributed by atoms with Crippen molar-refractivity contribution < 1.29 is 8.42 Å². The van der Waals surface area contributed by atoms with Gasteiger partial charge >= 0.3 is 0 Å². The van der Waals surface area contributed by atoms with Crippen LogP contribution in [-0.2, 0) is 16.4 Å². The summed E-state index contributed by atoms with van der Waals surface area (Å²) in [6.07, 6.45) is 2.12. The fourth-order valence-electron chi connectivity index (χ4n) is 2.42. The van der Waals surface area contributed by atoms with E-state index in [9.17, 15) is 8.42 Å².